The third-order valence-electron chi connectivity index (χ3n) is 6.32. The number of Topliss-reactive ketones (excluding diaryl/α,β-unsaturated/α-hetero) is 1. The minimum Gasteiger partial charge on any atom is -0.453 e. The van der Waals surface area contributed by atoms with Gasteiger partial charge >= 0.3 is 12.0 Å². The van der Waals surface area contributed by atoms with Gasteiger partial charge in [0.1, 0.15) is 12.1 Å². The quantitative estimate of drug-likeness (QED) is 0.447. The highest BCUT2D eigenvalue weighted by atomic mass is 16.5. The molecular formula is C22H25N3O5. The Morgan fingerprint density at radius 2 is 2.03 bits per heavy atom. The molecule has 0 radical (unpaired) electrons. The van der Waals surface area contributed by atoms with Crippen LogP contribution < -0.4 is 5.32 Å². The molecule has 3 atom stereocenters. The van der Waals surface area contributed by atoms with Gasteiger partial charge in [0.25, 0.3) is 5.91 Å². The topological polar surface area (TPSA) is 109 Å². The van der Waals surface area contributed by atoms with Crippen molar-refractivity contribution in [2.24, 2.45) is 5.92 Å². The molecule has 1 saturated heterocycles. The number of urea groups is 1. The van der Waals surface area contributed by atoms with Crippen LogP contribution in [0, 0.1) is 5.92 Å². The van der Waals surface area contributed by atoms with E-state index in [4.69, 9.17) is 4.74 Å². The second kappa shape index (κ2) is 7.59. The number of para-hydroxylation sites is 1. The Morgan fingerprint density at radius 3 is 2.80 bits per heavy atom. The Kier molecular flexibility index (Phi) is 5.09. The lowest BCUT2D eigenvalue weighted by Gasteiger charge is -2.36. The van der Waals surface area contributed by atoms with Crippen molar-refractivity contribution in [2.75, 3.05) is 6.54 Å². The van der Waals surface area contributed by atoms with Crippen molar-refractivity contribution in [3.63, 3.8) is 0 Å². The molecule has 2 heterocycles. The zero-order valence-corrected chi connectivity index (χ0v) is 17.1. The number of aromatic nitrogens is 1. The van der Waals surface area contributed by atoms with Gasteiger partial charge in [-0.05, 0) is 31.7 Å². The van der Waals surface area contributed by atoms with Gasteiger partial charge in [-0.2, -0.15) is 0 Å². The second-order valence-electron chi connectivity index (χ2n) is 8.18. The maximum Gasteiger partial charge on any atom is 0.326 e. The van der Waals surface area contributed by atoms with E-state index in [-0.39, 0.29) is 17.6 Å². The van der Waals surface area contributed by atoms with Gasteiger partial charge in [-0.15, -0.1) is 0 Å². The zero-order valence-electron chi connectivity index (χ0n) is 17.1. The number of carbonyl (C=O) groups excluding carboxylic acids is 4. The lowest BCUT2D eigenvalue weighted by Crippen LogP contribution is -2.54. The Hall–Kier alpha value is -3.16. The molecule has 3 amide bonds. The number of hydrogen-bond donors (Lipinski definition) is 2. The van der Waals surface area contributed by atoms with Gasteiger partial charge in [-0.3, -0.25) is 19.3 Å². The third kappa shape index (κ3) is 3.26. The lowest BCUT2D eigenvalue weighted by molar-refractivity contribution is -0.150. The van der Waals surface area contributed by atoms with Crippen LogP contribution in [-0.2, 0) is 14.3 Å². The van der Waals surface area contributed by atoms with E-state index >= 15 is 0 Å². The van der Waals surface area contributed by atoms with E-state index in [0.717, 1.165) is 35.1 Å². The van der Waals surface area contributed by atoms with Crippen molar-refractivity contribution in [1.29, 1.82) is 0 Å². The average molecular weight is 411 g/mol. The van der Waals surface area contributed by atoms with Crippen molar-refractivity contribution in [2.45, 2.75) is 51.2 Å². The van der Waals surface area contributed by atoms with Crippen molar-refractivity contribution in [3.05, 3.63) is 36.0 Å². The maximum atomic E-state index is 13.0. The molecule has 2 N–H and O–H groups in total. The molecule has 0 bridgehead atoms. The molecule has 8 heteroatoms. The van der Waals surface area contributed by atoms with Crippen LogP contribution in [0.3, 0.4) is 0 Å². The number of hydrogen-bond acceptors (Lipinski definition) is 5. The zero-order chi connectivity index (χ0) is 21.5. The summed E-state index contributed by atoms with van der Waals surface area (Å²) in [6, 6.07) is 6.76. The smallest absolute Gasteiger partial charge is 0.326 e. The minimum atomic E-state index is -1.04. The van der Waals surface area contributed by atoms with Crippen LogP contribution in [0.5, 0.6) is 0 Å². The Balaban J connectivity index is 1.42. The lowest BCUT2D eigenvalue weighted by atomic mass is 9.73. The summed E-state index contributed by atoms with van der Waals surface area (Å²) in [6.07, 6.45) is 3.83. The number of nitrogens with zero attached hydrogens (tertiary/aromatic N) is 1. The Morgan fingerprint density at radius 1 is 1.27 bits per heavy atom. The predicted octanol–water partition coefficient (Wildman–Crippen LogP) is 2.78. The summed E-state index contributed by atoms with van der Waals surface area (Å²) in [4.78, 5) is 54.5. The fraction of sp³-hybridized carbons (Fsp3) is 0.455. The first-order valence-electron chi connectivity index (χ1n) is 10.3. The minimum absolute atomic E-state index is 0.00564. The number of fused-ring (bicyclic) bond motifs is 1. The van der Waals surface area contributed by atoms with E-state index in [1.54, 1.807) is 6.20 Å². The molecule has 1 aromatic heterocycles. The molecule has 2 aromatic rings. The maximum absolute atomic E-state index is 13.0. The first-order valence-corrected chi connectivity index (χ1v) is 10.3. The van der Waals surface area contributed by atoms with Gasteiger partial charge in [-0.25, -0.2) is 4.79 Å². The Labute approximate surface area is 173 Å². The van der Waals surface area contributed by atoms with Crippen LogP contribution in [0.2, 0.25) is 0 Å². The van der Waals surface area contributed by atoms with E-state index < -0.39 is 30.2 Å². The third-order valence-corrected chi connectivity index (χ3v) is 6.32. The summed E-state index contributed by atoms with van der Waals surface area (Å²) in [5.74, 6) is -1.52. The van der Waals surface area contributed by atoms with E-state index in [1.165, 1.54) is 6.92 Å². The molecule has 1 aromatic carbocycles. The summed E-state index contributed by atoms with van der Waals surface area (Å²) in [5, 5.41) is 3.54. The second-order valence-corrected chi connectivity index (χ2v) is 8.18. The SMILES string of the molecule is C[C@@H](OC(=O)CN1C(=O)N[C@]2(CCCC[C@@H]2C)C1=O)C(=O)c1c[nH]c2ccccc12. The van der Waals surface area contributed by atoms with E-state index in [2.05, 4.69) is 10.3 Å². The molecule has 2 fully saturated rings. The normalized spacial score (nSPS) is 24.9. The molecule has 1 spiro atoms. The van der Waals surface area contributed by atoms with E-state index in [1.807, 2.05) is 31.2 Å². The Bertz CT molecular complexity index is 1030. The number of rotatable bonds is 5. The molecule has 0 unspecified atom stereocenters. The monoisotopic (exact) mass is 411 g/mol. The summed E-state index contributed by atoms with van der Waals surface area (Å²) in [5.41, 5.74) is 0.308. The number of ether oxygens (including phenoxy) is 1. The summed E-state index contributed by atoms with van der Waals surface area (Å²) < 4.78 is 5.27. The fourth-order valence-electron chi connectivity index (χ4n) is 4.55. The van der Waals surface area contributed by atoms with Crippen molar-refractivity contribution >= 4 is 34.6 Å². The van der Waals surface area contributed by atoms with Crippen molar-refractivity contribution < 1.29 is 23.9 Å². The number of imide groups is 1. The number of esters is 1. The van der Waals surface area contributed by atoms with Crippen LogP contribution in [0.25, 0.3) is 10.9 Å². The highest BCUT2D eigenvalue weighted by molar-refractivity contribution is 6.11. The number of ketones is 1. The molecule has 4 rings (SSSR count). The number of aromatic amines is 1. The largest absolute Gasteiger partial charge is 0.453 e. The van der Waals surface area contributed by atoms with Crippen LogP contribution in [0.1, 0.15) is 49.9 Å². The molecule has 1 aliphatic carbocycles. The molecule has 1 aliphatic heterocycles. The standard InChI is InChI=1S/C22H25N3O5/c1-13-7-5-6-10-22(13)20(28)25(21(29)24-22)12-18(26)30-14(2)19(27)16-11-23-17-9-4-3-8-15(16)17/h3-4,8-9,11,13-14,23H,5-7,10,12H2,1-2H3,(H,24,29)/t13-,14+,22-/m0/s1. The number of amides is 3. The molecule has 30 heavy (non-hydrogen) atoms. The summed E-state index contributed by atoms with van der Waals surface area (Å²) in [7, 11) is 0. The fourth-order valence-corrected chi connectivity index (χ4v) is 4.55. The van der Waals surface area contributed by atoms with Gasteiger partial charge in [0, 0.05) is 22.7 Å². The summed E-state index contributed by atoms with van der Waals surface area (Å²) >= 11 is 0. The van der Waals surface area contributed by atoms with Gasteiger partial charge in [0.05, 0.1) is 0 Å². The molecule has 1 saturated carbocycles. The van der Waals surface area contributed by atoms with Crippen LogP contribution >= 0.6 is 0 Å². The number of H-pyrrole nitrogens is 1. The molecular weight excluding hydrogens is 386 g/mol. The summed E-state index contributed by atoms with van der Waals surface area (Å²) in [6.45, 7) is 2.92. The van der Waals surface area contributed by atoms with E-state index in [9.17, 15) is 19.2 Å². The van der Waals surface area contributed by atoms with Crippen LogP contribution in [-0.4, -0.2) is 51.8 Å². The number of nitrogens with one attached hydrogen (secondary N) is 2. The van der Waals surface area contributed by atoms with Gasteiger partial charge in [0.2, 0.25) is 5.78 Å². The molecule has 8 nitrogen and oxygen atoms in total. The van der Waals surface area contributed by atoms with Gasteiger partial charge in [-0.1, -0.05) is 38.0 Å². The predicted molar refractivity (Wildman–Crippen MR) is 109 cm³/mol. The van der Waals surface area contributed by atoms with Gasteiger partial charge in [0.15, 0.2) is 6.10 Å². The van der Waals surface area contributed by atoms with Crippen molar-refractivity contribution in [1.82, 2.24) is 15.2 Å². The molecule has 158 valence electrons. The number of benzene rings is 1. The van der Waals surface area contributed by atoms with Gasteiger partial charge < -0.3 is 15.0 Å². The highest BCUT2D eigenvalue weighted by Crippen LogP contribution is 2.38. The van der Waals surface area contributed by atoms with E-state index in [0.29, 0.717) is 12.0 Å². The first kappa shape index (κ1) is 20.1. The molecule has 2 aliphatic rings. The first-order chi connectivity index (χ1) is 14.3. The van der Waals surface area contributed by atoms with Crippen LogP contribution in [0.4, 0.5) is 4.79 Å². The van der Waals surface area contributed by atoms with Crippen molar-refractivity contribution in [3.8, 4) is 0 Å². The number of carbonyl (C=O) groups is 4. The van der Waals surface area contributed by atoms with Crippen LogP contribution in [0.15, 0.2) is 30.5 Å². The average Bonchev–Trinajstić information content (AvgIpc) is 3.25. The highest BCUT2D eigenvalue weighted by Gasteiger charge is 2.55.